The topological polar surface area (TPSA) is 43.4 Å². The number of unbranched alkanes of at least 4 members (excludes halogenated alkanes) is 19. The quantitative estimate of drug-likeness (QED) is 0.119. The van der Waals surface area contributed by atoms with Gasteiger partial charge < -0.3 is 14.8 Å². The molecule has 0 radical (unpaired) electrons. The summed E-state index contributed by atoms with van der Waals surface area (Å²) in [7, 11) is 0. The predicted molar refractivity (Wildman–Crippen MR) is 139 cm³/mol. The second-order valence-corrected chi connectivity index (χ2v) is 10.0. The summed E-state index contributed by atoms with van der Waals surface area (Å²) >= 11 is 0. The molecule has 0 unspecified atom stereocenters. The maximum absolute atomic E-state index is 10.7. The normalized spacial score (nSPS) is 11.1. The maximum Gasteiger partial charge on any atom is 1.00 e. The molecule has 0 aliphatic heterocycles. The Morgan fingerprint density at radius 1 is 0.485 bits per heavy atom. The van der Waals surface area contributed by atoms with E-state index in [1.165, 1.54) is 142 Å². The van der Waals surface area contributed by atoms with E-state index in [1.807, 2.05) is 0 Å². The van der Waals surface area contributed by atoms with Gasteiger partial charge >= 0.3 is 51.4 Å². The van der Waals surface area contributed by atoms with Crippen molar-refractivity contribution in [1.82, 2.24) is 4.90 Å². The molecule has 0 bridgehead atoms. The summed E-state index contributed by atoms with van der Waals surface area (Å²) in [6, 6.07) is 0. The Morgan fingerprint density at radius 3 is 1.06 bits per heavy atom. The minimum Gasteiger partial charge on any atom is -0.550 e. The van der Waals surface area contributed by atoms with Crippen molar-refractivity contribution in [3.05, 3.63) is 0 Å². The second-order valence-electron chi connectivity index (χ2n) is 10.0. The van der Waals surface area contributed by atoms with Crippen LogP contribution in [0.1, 0.15) is 162 Å². The molecule has 0 saturated heterocycles. The van der Waals surface area contributed by atoms with Gasteiger partial charge in [0.1, 0.15) is 0 Å². The summed E-state index contributed by atoms with van der Waals surface area (Å²) in [6.45, 7) is 8.01. The van der Waals surface area contributed by atoms with Gasteiger partial charge in [0.15, 0.2) is 0 Å². The van der Waals surface area contributed by atoms with Gasteiger partial charge in [0.05, 0.1) is 0 Å². The maximum atomic E-state index is 10.7. The zero-order chi connectivity index (χ0) is 23.5. The number of carbonyl (C=O) groups is 1. The molecule has 0 saturated carbocycles. The van der Waals surface area contributed by atoms with Crippen molar-refractivity contribution in [1.29, 1.82) is 0 Å². The molecule has 0 aromatic rings. The Balaban J connectivity index is 0. The molecular formula is C29H58KNO2. The van der Waals surface area contributed by atoms with Crippen LogP contribution in [0.25, 0.3) is 0 Å². The number of hydrogen-bond donors (Lipinski definition) is 0. The van der Waals surface area contributed by atoms with E-state index in [-0.39, 0.29) is 57.8 Å². The molecule has 0 aromatic carbocycles. The van der Waals surface area contributed by atoms with Crippen molar-refractivity contribution in [2.45, 2.75) is 162 Å². The molecule has 0 heterocycles. The molecule has 0 aliphatic rings. The van der Waals surface area contributed by atoms with Crippen LogP contribution in [0.3, 0.4) is 0 Å². The summed E-state index contributed by atoms with van der Waals surface area (Å²) in [4.78, 5) is 13.3. The summed E-state index contributed by atoms with van der Waals surface area (Å²) in [5, 5.41) is 10.7. The van der Waals surface area contributed by atoms with E-state index in [0.717, 1.165) is 19.4 Å². The van der Waals surface area contributed by atoms with Crippen molar-refractivity contribution < 1.29 is 61.3 Å². The Labute approximate surface area is 251 Å². The monoisotopic (exact) mass is 491 g/mol. The largest absolute Gasteiger partial charge is 1.00 e. The summed E-state index contributed by atoms with van der Waals surface area (Å²) < 4.78 is 0. The van der Waals surface area contributed by atoms with E-state index < -0.39 is 5.97 Å². The smallest absolute Gasteiger partial charge is 0.550 e. The number of aliphatic carboxylic acids is 1. The molecular weight excluding hydrogens is 433 g/mol. The Hall–Kier alpha value is 1.07. The molecule has 0 fully saturated rings. The predicted octanol–water partition coefficient (Wildman–Crippen LogP) is 5.05. The van der Waals surface area contributed by atoms with Crippen LogP contribution in [0.15, 0.2) is 0 Å². The first-order chi connectivity index (χ1) is 15.7. The van der Waals surface area contributed by atoms with Crippen LogP contribution in [-0.4, -0.2) is 30.5 Å². The van der Waals surface area contributed by atoms with Crippen LogP contribution < -0.4 is 56.5 Å². The first-order valence-electron chi connectivity index (χ1n) is 14.6. The molecule has 0 spiro atoms. The van der Waals surface area contributed by atoms with Gasteiger partial charge in [-0.15, -0.1) is 0 Å². The number of hydrogen-bond acceptors (Lipinski definition) is 3. The molecule has 0 aliphatic carbocycles. The Bertz CT molecular complexity index is 355. The van der Waals surface area contributed by atoms with Crippen molar-refractivity contribution >= 4 is 5.97 Å². The first kappa shape index (κ1) is 36.2. The second kappa shape index (κ2) is 31.1. The van der Waals surface area contributed by atoms with E-state index in [1.54, 1.807) is 0 Å². The molecule has 192 valence electrons. The molecule has 0 amide bonds. The van der Waals surface area contributed by atoms with Crippen molar-refractivity contribution in [3.63, 3.8) is 0 Å². The third-order valence-electron chi connectivity index (χ3n) is 6.76. The molecule has 0 rings (SSSR count). The molecule has 0 aromatic heterocycles. The van der Waals surface area contributed by atoms with Crippen LogP contribution in [-0.2, 0) is 4.79 Å². The fourth-order valence-electron chi connectivity index (χ4n) is 4.59. The molecule has 3 nitrogen and oxygen atoms in total. The van der Waals surface area contributed by atoms with Crippen LogP contribution >= 0.6 is 0 Å². The van der Waals surface area contributed by atoms with Gasteiger partial charge in [-0.2, -0.15) is 0 Å². The van der Waals surface area contributed by atoms with Crippen LogP contribution in [0.5, 0.6) is 0 Å². The van der Waals surface area contributed by atoms with Gasteiger partial charge in [0.25, 0.3) is 0 Å². The third kappa shape index (κ3) is 31.0. The van der Waals surface area contributed by atoms with Gasteiger partial charge in [-0.25, -0.2) is 0 Å². The van der Waals surface area contributed by atoms with Crippen molar-refractivity contribution in [2.24, 2.45) is 0 Å². The fraction of sp³-hybridized carbons (Fsp3) is 0.966. The van der Waals surface area contributed by atoms with Gasteiger partial charge in [-0.1, -0.05) is 129 Å². The third-order valence-corrected chi connectivity index (χ3v) is 6.76. The standard InChI is InChI=1S/C29H59NO2.K/c1-3-5-7-9-11-13-15-17-19-22-26-30(28-24-21-25-29(31)32)27-23-20-18-16-14-12-10-8-6-4-2;/h3-28H2,1-2H3,(H,31,32);/q;+1/p-1. The summed E-state index contributed by atoms with van der Waals surface area (Å²) in [6.07, 6.45) is 29.6. The molecule has 33 heavy (non-hydrogen) atoms. The number of carboxylic acids is 1. The van der Waals surface area contributed by atoms with Gasteiger partial charge in [0, 0.05) is 5.97 Å². The minimum absolute atomic E-state index is 0. The molecule has 0 N–H and O–H groups in total. The fourth-order valence-corrected chi connectivity index (χ4v) is 4.59. The van der Waals surface area contributed by atoms with Gasteiger partial charge in [0.2, 0.25) is 0 Å². The van der Waals surface area contributed by atoms with E-state index in [2.05, 4.69) is 18.7 Å². The number of carboxylic acid groups (broad SMARTS) is 1. The van der Waals surface area contributed by atoms with E-state index in [0.29, 0.717) is 0 Å². The first-order valence-corrected chi connectivity index (χ1v) is 14.6. The van der Waals surface area contributed by atoms with E-state index in [4.69, 9.17) is 0 Å². The van der Waals surface area contributed by atoms with Crippen molar-refractivity contribution in [2.75, 3.05) is 19.6 Å². The Kier molecular flexibility index (Phi) is 34.1. The van der Waals surface area contributed by atoms with Crippen LogP contribution in [0.4, 0.5) is 0 Å². The van der Waals surface area contributed by atoms with Gasteiger partial charge in [-0.05, 0) is 51.7 Å². The SMILES string of the molecule is CCCCCCCCCCCCN(CCCCCCCCCCCC)CCCCC(=O)[O-].[K+]. The number of rotatable bonds is 27. The van der Waals surface area contributed by atoms with Crippen molar-refractivity contribution in [3.8, 4) is 0 Å². The van der Waals surface area contributed by atoms with E-state index in [9.17, 15) is 9.90 Å². The number of carbonyl (C=O) groups excluding carboxylic acids is 1. The zero-order valence-electron chi connectivity index (χ0n) is 23.1. The number of nitrogens with zero attached hydrogens (tertiary/aromatic N) is 1. The van der Waals surface area contributed by atoms with Gasteiger partial charge in [-0.3, -0.25) is 0 Å². The average Bonchev–Trinajstić information content (AvgIpc) is 2.78. The summed E-state index contributed by atoms with van der Waals surface area (Å²) in [5.41, 5.74) is 0. The molecule has 0 atom stereocenters. The van der Waals surface area contributed by atoms with Crippen LogP contribution in [0, 0.1) is 0 Å². The van der Waals surface area contributed by atoms with Crippen LogP contribution in [0.2, 0.25) is 0 Å². The minimum atomic E-state index is -0.902. The summed E-state index contributed by atoms with van der Waals surface area (Å²) in [5.74, 6) is -0.902. The average molecular weight is 492 g/mol. The zero-order valence-corrected chi connectivity index (χ0v) is 26.3. The molecule has 4 heteroatoms. The Morgan fingerprint density at radius 2 is 0.758 bits per heavy atom. The van der Waals surface area contributed by atoms with E-state index >= 15 is 0 Å².